The Morgan fingerprint density at radius 2 is 2.09 bits per heavy atom. The van der Waals surface area contributed by atoms with E-state index >= 15 is 0 Å². The van der Waals surface area contributed by atoms with E-state index in [1.54, 1.807) is 17.1 Å². The smallest absolute Gasteiger partial charge is 0.272 e. The number of aromatic nitrogens is 6. The number of aromatic amines is 1. The Labute approximate surface area is 124 Å². The topological polar surface area (TPSA) is 80.9 Å². The van der Waals surface area contributed by atoms with Crippen molar-refractivity contribution in [3.8, 4) is 11.4 Å². The van der Waals surface area contributed by atoms with Crippen LogP contribution in [0.2, 0.25) is 0 Å². The van der Waals surface area contributed by atoms with Gasteiger partial charge in [-0.05, 0) is 18.2 Å². The van der Waals surface area contributed by atoms with Crippen molar-refractivity contribution in [2.45, 2.75) is 6.54 Å². The maximum absolute atomic E-state index is 12.2. The van der Waals surface area contributed by atoms with Crippen LogP contribution in [0.5, 0.6) is 0 Å². The quantitative estimate of drug-likeness (QED) is 0.617. The van der Waals surface area contributed by atoms with Crippen LogP contribution in [0.4, 0.5) is 0 Å². The van der Waals surface area contributed by atoms with Gasteiger partial charge in [-0.15, -0.1) is 0 Å². The zero-order chi connectivity index (χ0) is 14.9. The summed E-state index contributed by atoms with van der Waals surface area (Å²) in [7, 11) is 0. The molecule has 0 fully saturated rings. The van der Waals surface area contributed by atoms with Gasteiger partial charge in [-0.25, -0.2) is 9.50 Å². The van der Waals surface area contributed by atoms with Gasteiger partial charge >= 0.3 is 0 Å². The molecule has 108 valence electrons. The Balaban J connectivity index is 1.79. The lowest BCUT2D eigenvalue weighted by molar-refractivity contribution is 0.669. The third-order valence-electron chi connectivity index (χ3n) is 3.33. The van der Waals surface area contributed by atoms with Crippen molar-refractivity contribution >= 4 is 5.65 Å². The molecule has 0 aliphatic carbocycles. The van der Waals surface area contributed by atoms with Crippen LogP contribution >= 0.6 is 0 Å². The Kier molecular flexibility index (Phi) is 2.82. The van der Waals surface area contributed by atoms with Crippen molar-refractivity contribution in [3.63, 3.8) is 0 Å². The second-order valence-corrected chi connectivity index (χ2v) is 4.87. The summed E-state index contributed by atoms with van der Waals surface area (Å²) in [6, 6.07) is 10.8. The molecule has 7 nitrogen and oxygen atoms in total. The molecule has 0 saturated carbocycles. The lowest BCUT2D eigenvalue weighted by atomic mass is 10.3. The number of hydrogen-bond acceptors (Lipinski definition) is 4. The molecule has 4 rings (SSSR count). The summed E-state index contributed by atoms with van der Waals surface area (Å²) in [6.45, 7) is 0.461. The lowest BCUT2D eigenvalue weighted by Gasteiger charge is -2.01. The minimum Gasteiger partial charge on any atom is -0.287 e. The molecule has 4 aromatic heterocycles. The van der Waals surface area contributed by atoms with Crippen molar-refractivity contribution in [1.29, 1.82) is 0 Å². The van der Waals surface area contributed by atoms with E-state index in [9.17, 15) is 4.79 Å². The SMILES string of the molecule is O=c1cc(Cn2cccn2)nc2cc(-c3ccccn3)[nH]n12. The van der Waals surface area contributed by atoms with Crippen LogP contribution in [0.15, 0.2) is 59.8 Å². The van der Waals surface area contributed by atoms with E-state index in [4.69, 9.17) is 0 Å². The summed E-state index contributed by atoms with van der Waals surface area (Å²) >= 11 is 0. The van der Waals surface area contributed by atoms with Crippen LogP contribution in [0.1, 0.15) is 5.69 Å². The Bertz CT molecular complexity index is 968. The molecule has 0 amide bonds. The van der Waals surface area contributed by atoms with Gasteiger partial charge in [0.2, 0.25) is 0 Å². The van der Waals surface area contributed by atoms with Crippen LogP contribution in [-0.4, -0.2) is 29.4 Å². The summed E-state index contributed by atoms with van der Waals surface area (Å²) in [5, 5.41) is 7.15. The predicted octanol–water partition coefficient (Wildman–Crippen LogP) is 1.33. The molecule has 1 N–H and O–H groups in total. The second kappa shape index (κ2) is 4.96. The number of nitrogens with one attached hydrogen (secondary N) is 1. The Morgan fingerprint density at radius 3 is 2.86 bits per heavy atom. The van der Waals surface area contributed by atoms with Gasteiger partial charge in [0.15, 0.2) is 5.65 Å². The van der Waals surface area contributed by atoms with Crippen molar-refractivity contribution in [2.75, 3.05) is 0 Å². The molecular formula is C15H12N6O. The van der Waals surface area contributed by atoms with E-state index in [-0.39, 0.29) is 5.56 Å². The third kappa shape index (κ3) is 2.18. The van der Waals surface area contributed by atoms with Crippen LogP contribution in [0.25, 0.3) is 17.0 Å². The molecule has 4 heterocycles. The summed E-state index contributed by atoms with van der Waals surface area (Å²) in [4.78, 5) is 21.0. The lowest BCUT2D eigenvalue weighted by Crippen LogP contribution is -2.16. The summed E-state index contributed by atoms with van der Waals surface area (Å²) in [6.07, 6.45) is 5.24. The van der Waals surface area contributed by atoms with Gasteiger partial charge < -0.3 is 0 Å². The van der Waals surface area contributed by atoms with Crippen molar-refractivity contribution in [1.82, 2.24) is 29.4 Å². The first-order valence-corrected chi connectivity index (χ1v) is 6.80. The fourth-order valence-corrected chi connectivity index (χ4v) is 2.33. The average Bonchev–Trinajstić information content (AvgIpc) is 3.18. The Hall–Kier alpha value is -3.22. The first kappa shape index (κ1) is 12.5. The van der Waals surface area contributed by atoms with Gasteiger partial charge in [0.05, 0.1) is 23.6 Å². The van der Waals surface area contributed by atoms with E-state index < -0.39 is 0 Å². The number of fused-ring (bicyclic) bond motifs is 1. The van der Waals surface area contributed by atoms with E-state index in [0.717, 1.165) is 11.4 Å². The van der Waals surface area contributed by atoms with E-state index in [1.807, 2.05) is 36.5 Å². The molecule has 0 aliphatic heterocycles. The molecule has 7 heteroatoms. The van der Waals surface area contributed by atoms with E-state index in [0.29, 0.717) is 17.9 Å². The normalized spacial score (nSPS) is 11.1. The second-order valence-electron chi connectivity index (χ2n) is 4.87. The monoisotopic (exact) mass is 292 g/mol. The minimum absolute atomic E-state index is 0.158. The van der Waals surface area contributed by atoms with Gasteiger partial charge in [-0.3, -0.25) is 19.6 Å². The number of rotatable bonds is 3. The first-order chi connectivity index (χ1) is 10.8. The van der Waals surface area contributed by atoms with Gasteiger partial charge in [-0.2, -0.15) is 5.10 Å². The molecule has 0 spiro atoms. The van der Waals surface area contributed by atoms with Crippen LogP contribution < -0.4 is 5.56 Å². The maximum atomic E-state index is 12.2. The summed E-state index contributed by atoms with van der Waals surface area (Å²) in [5.74, 6) is 0. The predicted molar refractivity (Wildman–Crippen MR) is 80.4 cm³/mol. The van der Waals surface area contributed by atoms with Crippen LogP contribution in [-0.2, 0) is 6.54 Å². The highest BCUT2D eigenvalue weighted by atomic mass is 16.1. The zero-order valence-electron chi connectivity index (χ0n) is 11.5. The molecule has 22 heavy (non-hydrogen) atoms. The fourth-order valence-electron chi connectivity index (χ4n) is 2.33. The molecule has 0 atom stereocenters. The zero-order valence-corrected chi connectivity index (χ0v) is 11.5. The van der Waals surface area contributed by atoms with Gasteiger partial charge in [0, 0.05) is 30.7 Å². The van der Waals surface area contributed by atoms with Crippen LogP contribution in [0.3, 0.4) is 0 Å². The first-order valence-electron chi connectivity index (χ1n) is 6.80. The minimum atomic E-state index is -0.158. The van der Waals surface area contributed by atoms with Crippen LogP contribution in [0, 0.1) is 0 Å². The molecule has 0 radical (unpaired) electrons. The molecule has 0 saturated heterocycles. The molecule has 4 aromatic rings. The average molecular weight is 292 g/mol. The largest absolute Gasteiger partial charge is 0.287 e. The number of nitrogens with zero attached hydrogens (tertiary/aromatic N) is 5. The number of pyridine rings is 1. The van der Waals surface area contributed by atoms with E-state index in [2.05, 4.69) is 20.2 Å². The highest BCUT2D eigenvalue weighted by Crippen LogP contribution is 2.15. The number of hydrogen-bond donors (Lipinski definition) is 1. The van der Waals surface area contributed by atoms with E-state index in [1.165, 1.54) is 10.6 Å². The Morgan fingerprint density at radius 1 is 1.14 bits per heavy atom. The fraction of sp³-hybridized carbons (Fsp3) is 0.0667. The molecule has 0 aliphatic rings. The summed E-state index contributed by atoms with van der Waals surface area (Å²) in [5.41, 5.74) is 2.59. The summed E-state index contributed by atoms with van der Waals surface area (Å²) < 4.78 is 3.14. The van der Waals surface area contributed by atoms with Crippen molar-refractivity contribution in [2.24, 2.45) is 0 Å². The van der Waals surface area contributed by atoms with Gasteiger partial charge in [0.1, 0.15) is 0 Å². The van der Waals surface area contributed by atoms with Crippen molar-refractivity contribution in [3.05, 3.63) is 71.0 Å². The third-order valence-corrected chi connectivity index (χ3v) is 3.33. The number of H-pyrrole nitrogens is 1. The molecule has 0 aromatic carbocycles. The molecule has 0 bridgehead atoms. The van der Waals surface area contributed by atoms with Crippen molar-refractivity contribution < 1.29 is 0 Å². The molecule has 0 unspecified atom stereocenters. The van der Waals surface area contributed by atoms with Gasteiger partial charge in [0.25, 0.3) is 5.56 Å². The standard InChI is InChI=1S/C15H12N6O/c22-15-8-11(10-20-7-3-6-17-20)18-14-9-13(19-21(14)15)12-4-1-2-5-16-12/h1-9,19H,10H2. The van der Waals surface area contributed by atoms with Gasteiger partial charge in [-0.1, -0.05) is 6.07 Å². The maximum Gasteiger partial charge on any atom is 0.272 e. The highest BCUT2D eigenvalue weighted by Gasteiger charge is 2.08. The molecular weight excluding hydrogens is 280 g/mol. The highest BCUT2D eigenvalue weighted by molar-refractivity contribution is 5.60.